The molecule has 0 radical (unpaired) electrons. The summed E-state index contributed by atoms with van der Waals surface area (Å²) in [6.07, 6.45) is 1.52. The monoisotopic (exact) mass is 316 g/mol. The van der Waals surface area contributed by atoms with Crippen LogP contribution in [0, 0.1) is 19.3 Å². The van der Waals surface area contributed by atoms with Crippen molar-refractivity contribution in [3.8, 4) is 24.0 Å². The van der Waals surface area contributed by atoms with Crippen LogP contribution in [0.15, 0.2) is 12.4 Å². The van der Waals surface area contributed by atoms with Crippen molar-refractivity contribution < 1.29 is 17.9 Å². The molecule has 0 bridgehead atoms. The van der Waals surface area contributed by atoms with Gasteiger partial charge in [-0.15, -0.1) is 6.42 Å². The van der Waals surface area contributed by atoms with Crippen LogP contribution in [0.3, 0.4) is 0 Å². The van der Waals surface area contributed by atoms with Crippen LogP contribution >= 0.6 is 11.6 Å². The summed E-state index contributed by atoms with van der Waals surface area (Å²) in [6, 6.07) is 1.31. The molecule has 9 heteroatoms. The van der Waals surface area contributed by atoms with E-state index in [-0.39, 0.29) is 24.0 Å². The van der Waals surface area contributed by atoms with Gasteiger partial charge in [0.2, 0.25) is 5.88 Å². The predicted molar refractivity (Wildman–Crippen MR) is 68.2 cm³/mol. The molecule has 110 valence electrons. The first-order valence-corrected chi connectivity index (χ1v) is 5.93. The minimum absolute atomic E-state index is 0.0247. The van der Waals surface area contributed by atoms with Crippen molar-refractivity contribution in [1.82, 2.24) is 19.7 Å². The van der Waals surface area contributed by atoms with Crippen molar-refractivity contribution in [2.75, 3.05) is 6.61 Å². The summed E-state index contributed by atoms with van der Waals surface area (Å²) in [6.45, 7) is 1.37. The number of terminal acetylenes is 1. The van der Waals surface area contributed by atoms with E-state index in [4.69, 9.17) is 22.8 Å². The van der Waals surface area contributed by atoms with Crippen LogP contribution in [0.4, 0.5) is 13.2 Å². The average Bonchev–Trinajstić information content (AvgIpc) is 2.73. The Labute approximate surface area is 122 Å². The smallest absolute Gasteiger partial charge is 0.436 e. The SMILES string of the molecule is C#CCOc1cc(-n2nc(C(F)(F)F)c(Cl)c2C)ncn1. The van der Waals surface area contributed by atoms with E-state index >= 15 is 0 Å². The molecule has 5 nitrogen and oxygen atoms in total. The van der Waals surface area contributed by atoms with E-state index in [0.717, 1.165) is 11.0 Å². The number of alkyl halides is 3. The zero-order valence-corrected chi connectivity index (χ0v) is 11.4. The molecule has 0 aliphatic carbocycles. The van der Waals surface area contributed by atoms with Gasteiger partial charge in [0.15, 0.2) is 18.1 Å². The van der Waals surface area contributed by atoms with Gasteiger partial charge in [-0.1, -0.05) is 17.5 Å². The zero-order chi connectivity index (χ0) is 15.6. The first-order chi connectivity index (χ1) is 9.84. The third kappa shape index (κ3) is 3.08. The summed E-state index contributed by atoms with van der Waals surface area (Å²) in [7, 11) is 0. The van der Waals surface area contributed by atoms with Gasteiger partial charge in [0.25, 0.3) is 0 Å². The summed E-state index contributed by atoms with van der Waals surface area (Å²) in [4.78, 5) is 7.63. The molecule has 2 aromatic heterocycles. The van der Waals surface area contributed by atoms with Gasteiger partial charge in [-0.3, -0.25) is 0 Å². The van der Waals surface area contributed by atoms with Gasteiger partial charge in [-0.2, -0.15) is 18.3 Å². The topological polar surface area (TPSA) is 52.8 Å². The summed E-state index contributed by atoms with van der Waals surface area (Å²) in [5.41, 5.74) is -1.07. The Morgan fingerprint density at radius 1 is 1.43 bits per heavy atom. The molecule has 0 spiro atoms. The molecular weight excluding hydrogens is 309 g/mol. The second-order valence-corrected chi connectivity index (χ2v) is 4.24. The average molecular weight is 317 g/mol. The van der Waals surface area contributed by atoms with Crippen LogP contribution in [0.5, 0.6) is 5.88 Å². The highest BCUT2D eigenvalue weighted by molar-refractivity contribution is 6.32. The van der Waals surface area contributed by atoms with E-state index in [1.807, 2.05) is 0 Å². The van der Waals surface area contributed by atoms with Crippen LogP contribution in [0.2, 0.25) is 5.02 Å². The minimum atomic E-state index is -4.65. The van der Waals surface area contributed by atoms with Gasteiger partial charge in [0.1, 0.15) is 6.33 Å². The predicted octanol–water partition coefficient (Wildman–Crippen LogP) is 2.65. The van der Waals surface area contributed by atoms with E-state index < -0.39 is 16.9 Å². The second-order valence-electron chi connectivity index (χ2n) is 3.86. The van der Waals surface area contributed by atoms with Crippen LogP contribution in [0.1, 0.15) is 11.4 Å². The highest BCUT2D eigenvalue weighted by Gasteiger charge is 2.38. The molecule has 0 aromatic carbocycles. The van der Waals surface area contributed by atoms with Crippen LogP contribution in [0.25, 0.3) is 5.82 Å². The van der Waals surface area contributed by atoms with Gasteiger partial charge in [-0.25, -0.2) is 14.6 Å². The lowest BCUT2D eigenvalue weighted by Gasteiger charge is -2.05. The zero-order valence-electron chi connectivity index (χ0n) is 10.6. The molecule has 0 saturated heterocycles. The third-order valence-electron chi connectivity index (χ3n) is 2.46. The van der Waals surface area contributed by atoms with Crippen molar-refractivity contribution in [2.45, 2.75) is 13.1 Å². The van der Waals surface area contributed by atoms with Crippen LogP contribution in [-0.4, -0.2) is 26.4 Å². The van der Waals surface area contributed by atoms with E-state index in [1.165, 1.54) is 13.0 Å². The Kier molecular flexibility index (Phi) is 4.04. The molecule has 0 unspecified atom stereocenters. The fourth-order valence-corrected chi connectivity index (χ4v) is 1.75. The van der Waals surface area contributed by atoms with Gasteiger partial charge < -0.3 is 4.74 Å². The van der Waals surface area contributed by atoms with Crippen molar-refractivity contribution in [1.29, 1.82) is 0 Å². The fourth-order valence-electron chi connectivity index (χ4n) is 1.53. The summed E-state index contributed by atoms with van der Waals surface area (Å²) >= 11 is 5.67. The fraction of sp³-hybridized carbons (Fsp3) is 0.250. The standard InChI is InChI=1S/C12H8ClF3N4O/c1-3-4-21-9-5-8(17-6-18-9)20-7(2)10(13)11(19-20)12(14,15)16/h1,5-6H,4H2,2H3. The molecule has 2 heterocycles. The van der Waals surface area contributed by atoms with Gasteiger partial charge in [-0.05, 0) is 6.92 Å². The molecule has 0 aliphatic heterocycles. The summed E-state index contributed by atoms with van der Waals surface area (Å²) in [5.74, 6) is 2.46. The van der Waals surface area contributed by atoms with Crippen molar-refractivity contribution in [3.63, 3.8) is 0 Å². The molecule has 0 fully saturated rings. The number of nitrogens with zero attached hydrogens (tertiary/aromatic N) is 4. The van der Waals surface area contributed by atoms with E-state index in [1.54, 1.807) is 0 Å². The molecule has 21 heavy (non-hydrogen) atoms. The van der Waals surface area contributed by atoms with Crippen molar-refractivity contribution >= 4 is 11.6 Å². The number of rotatable bonds is 3. The largest absolute Gasteiger partial charge is 0.464 e. The quantitative estimate of drug-likeness (QED) is 0.817. The Morgan fingerprint density at radius 2 is 2.14 bits per heavy atom. The number of aromatic nitrogens is 4. The number of hydrogen-bond donors (Lipinski definition) is 0. The highest BCUT2D eigenvalue weighted by atomic mass is 35.5. The molecule has 2 aromatic rings. The lowest BCUT2D eigenvalue weighted by Crippen LogP contribution is -2.09. The Bertz CT molecular complexity index is 706. The molecule has 0 amide bonds. The molecule has 2 rings (SSSR count). The summed E-state index contributed by atoms with van der Waals surface area (Å²) in [5, 5.41) is 2.97. The maximum atomic E-state index is 12.8. The van der Waals surface area contributed by atoms with Gasteiger partial charge in [0.05, 0.1) is 10.7 Å². The number of hydrogen-bond acceptors (Lipinski definition) is 4. The van der Waals surface area contributed by atoms with Crippen LogP contribution in [-0.2, 0) is 6.18 Å². The summed E-state index contributed by atoms with van der Waals surface area (Å²) < 4.78 is 44.3. The van der Waals surface area contributed by atoms with Gasteiger partial charge >= 0.3 is 6.18 Å². The first kappa shape index (κ1) is 15.1. The number of ether oxygens (including phenoxy) is 1. The minimum Gasteiger partial charge on any atom is -0.464 e. The lowest BCUT2D eigenvalue weighted by molar-refractivity contribution is -0.141. The normalized spacial score (nSPS) is 11.2. The van der Waals surface area contributed by atoms with E-state index in [9.17, 15) is 13.2 Å². The van der Waals surface area contributed by atoms with E-state index in [2.05, 4.69) is 21.0 Å². The third-order valence-corrected chi connectivity index (χ3v) is 2.91. The number of halogens is 4. The maximum Gasteiger partial charge on any atom is 0.436 e. The molecule has 0 saturated carbocycles. The van der Waals surface area contributed by atoms with Crippen molar-refractivity contribution in [3.05, 3.63) is 28.8 Å². The highest BCUT2D eigenvalue weighted by Crippen LogP contribution is 2.36. The maximum absolute atomic E-state index is 12.8. The van der Waals surface area contributed by atoms with Gasteiger partial charge in [0, 0.05) is 6.07 Å². The Balaban J connectivity index is 2.46. The van der Waals surface area contributed by atoms with Crippen molar-refractivity contribution in [2.24, 2.45) is 0 Å². The van der Waals surface area contributed by atoms with E-state index in [0.29, 0.717) is 0 Å². The Morgan fingerprint density at radius 3 is 2.71 bits per heavy atom. The second kappa shape index (κ2) is 5.61. The molecule has 0 N–H and O–H groups in total. The van der Waals surface area contributed by atoms with Crippen LogP contribution < -0.4 is 4.74 Å². The molecular formula is C12H8ClF3N4O. The Hall–Kier alpha value is -2.27. The molecule has 0 aliphatic rings. The molecule has 0 atom stereocenters. The first-order valence-electron chi connectivity index (χ1n) is 5.55. The lowest BCUT2D eigenvalue weighted by atomic mass is 10.3.